The third kappa shape index (κ3) is 5.56. The molecule has 2 aromatic carbocycles. The molecule has 0 heterocycles. The van der Waals surface area contributed by atoms with E-state index >= 15 is 0 Å². The summed E-state index contributed by atoms with van der Waals surface area (Å²) in [5.41, 5.74) is 2.42. The quantitative estimate of drug-likeness (QED) is 0.707. The number of hydrogen-bond acceptors (Lipinski definition) is 3. The van der Waals surface area contributed by atoms with Gasteiger partial charge in [0.15, 0.2) is 11.5 Å². The number of rotatable bonds is 8. The van der Waals surface area contributed by atoms with Crippen LogP contribution in [0.4, 0.5) is 0 Å². The van der Waals surface area contributed by atoms with E-state index in [1.807, 2.05) is 39.0 Å². The predicted octanol–water partition coefficient (Wildman–Crippen LogP) is 4.92. The second-order valence-electron chi connectivity index (χ2n) is 5.58. The highest BCUT2D eigenvalue weighted by molar-refractivity contribution is 9.10. The molecule has 0 radical (unpaired) electrons. The zero-order valence-corrected chi connectivity index (χ0v) is 15.5. The van der Waals surface area contributed by atoms with Crippen molar-refractivity contribution >= 4 is 15.9 Å². The minimum Gasteiger partial charge on any atom is -0.490 e. The average Bonchev–Trinajstić information content (AvgIpc) is 2.52. The molecule has 0 saturated carbocycles. The zero-order valence-electron chi connectivity index (χ0n) is 13.9. The first-order chi connectivity index (χ1) is 11.1. The lowest BCUT2D eigenvalue weighted by Crippen LogP contribution is -2.14. The van der Waals surface area contributed by atoms with E-state index in [2.05, 4.69) is 45.5 Å². The second kappa shape index (κ2) is 8.94. The molecule has 0 atom stereocenters. The summed E-state index contributed by atoms with van der Waals surface area (Å²) < 4.78 is 12.6. The van der Waals surface area contributed by atoms with Crippen molar-refractivity contribution in [1.82, 2.24) is 5.32 Å². The Labute approximate surface area is 147 Å². The van der Waals surface area contributed by atoms with Crippen LogP contribution in [0.15, 0.2) is 46.9 Å². The monoisotopic (exact) mass is 377 g/mol. The molecule has 0 aliphatic rings. The average molecular weight is 378 g/mol. The molecule has 2 rings (SSSR count). The Morgan fingerprint density at radius 1 is 1.04 bits per heavy atom. The smallest absolute Gasteiger partial charge is 0.162 e. The van der Waals surface area contributed by atoms with Crippen molar-refractivity contribution in [3.63, 3.8) is 0 Å². The summed E-state index contributed by atoms with van der Waals surface area (Å²) in [5.74, 6) is 1.57. The fourth-order valence-corrected chi connectivity index (χ4v) is 2.73. The Bertz CT molecular complexity index is 614. The van der Waals surface area contributed by atoms with E-state index in [-0.39, 0.29) is 6.10 Å². The summed E-state index contributed by atoms with van der Waals surface area (Å²) in [6.07, 6.45) is 0.114. The molecule has 0 amide bonds. The fourth-order valence-electron chi connectivity index (χ4n) is 2.26. The van der Waals surface area contributed by atoms with E-state index in [1.54, 1.807) is 0 Å². The van der Waals surface area contributed by atoms with Crippen molar-refractivity contribution < 1.29 is 9.47 Å². The minimum atomic E-state index is 0.114. The zero-order chi connectivity index (χ0) is 16.7. The van der Waals surface area contributed by atoms with Gasteiger partial charge in [0.1, 0.15) is 0 Å². The first-order valence-electron chi connectivity index (χ1n) is 7.96. The number of hydrogen-bond donors (Lipinski definition) is 1. The van der Waals surface area contributed by atoms with Gasteiger partial charge in [-0.1, -0.05) is 46.3 Å². The molecule has 124 valence electrons. The maximum Gasteiger partial charge on any atom is 0.162 e. The molecule has 23 heavy (non-hydrogen) atoms. The maximum atomic E-state index is 5.83. The first-order valence-corrected chi connectivity index (χ1v) is 8.76. The van der Waals surface area contributed by atoms with Gasteiger partial charge in [-0.05, 0) is 44.0 Å². The Morgan fingerprint density at radius 2 is 1.78 bits per heavy atom. The summed E-state index contributed by atoms with van der Waals surface area (Å²) in [6, 6.07) is 14.4. The van der Waals surface area contributed by atoms with Gasteiger partial charge in [0.2, 0.25) is 0 Å². The second-order valence-corrected chi connectivity index (χ2v) is 6.43. The summed E-state index contributed by atoms with van der Waals surface area (Å²) in [4.78, 5) is 0. The van der Waals surface area contributed by atoms with E-state index in [0.717, 1.165) is 34.6 Å². The molecular weight excluding hydrogens is 354 g/mol. The third-order valence-corrected chi connectivity index (χ3v) is 4.00. The Hall–Kier alpha value is -1.52. The van der Waals surface area contributed by atoms with Crippen molar-refractivity contribution in [2.75, 3.05) is 6.61 Å². The lowest BCUT2D eigenvalue weighted by Gasteiger charge is -2.17. The predicted molar refractivity (Wildman–Crippen MR) is 98.1 cm³/mol. The molecule has 0 aliphatic carbocycles. The molecule has 3 nitrogen and oxygen atoms in total. The number of halogens is 1. The molecule has 0 unspecified atom stereocenters. The van der Waals surface area contributed by atoms with Crippen LogP contribution in [0.25, 0.3) is 0 Å². The highest BCUT2D eigenvalue weighted by atomic mass is 79.9. The summed E-state index contributed by atoms with van der Waals surface area (Å²) in [6.45, 7) is 8.22. The maximum absolute atomic E-state index is 5.83. The lowest BCUT2D eigenvalue weighted by molar-refractivity contribution is 0.223. The van der Waals surface area contributed by atoms with Gasteiger partial charge in [-0.3, -0.25) is 0 Å². The third-order valence-electron chi connectivity index (χ3n) is 3.26. The minimum absolute atomic E-state index is 0.114. The van der Waals surface area contributed by atoms with Gasteiger partial charge in [0.25, 0.3) is 0 Å². The van der Waals surface area contributed by atoms with E-state index in [9.17, 15) is 0 Å². The van der Waals surface area contributed by atoms with E-state index in [1.165, 1.54) is 5.56 Å². The fraction of sp³-hybridized carbons (Fsp3) is 0.368. The van der Waals surface area contributed by atoms with Gasteiger partial charge in [-0.15, -0.1) is 0 Å². The van der Waals surface area contributed by atoms with Crippen molar-refractivity contribution in [2.45, 2.75) is 40.0 Å². The van der Waals surface area contributed by atoms with Crippen LogP contribution in [0.5, 0.6) is 11.5 Å². The van der Waals surface area contributed by atoms with Crippen LogP contribution in [-0.2, 0) is 13.1 Å². The SMILES string of the molecule is CCOc1cc(CNCc2ccccc2)c(Br)cc1OC(C)C. The van der Waals surface area contributed by atoms with E-state index < -0.39 is 0 Å². The topological polar surface area (TPSA) is 30.5 Å². The van der Waals surface area contributed by atoms with Crippen LogP contribution in [0.3, 0.4) is 0 Å². The normalized spacial score (nSPS) is 10.8. The molecule has 0 bridgehead atoms. The highest BCUT2D eigenvalue weighted by Gasteiger charge is 2.12. The van der Waals surface area contributed by atoms with Crippen LogP contribution in [0.2, 0.25) is 0 Å². The van der Waals surface area contributed by atoms with Crippen LogP contribution in [0.1, 0.15) is 31.9 Å². The summed E-state index contributed by atoms with van der Waals surface area (Å²) in [7, 11) is 0. The van der Waals surface area contributed by atoms with Crippen molar-refractivity contribution in [2.24, 2.45) is 0 Å². The van der Waals surface area contributed by atoms with Crippen LogP contribution < -0.4 is 14.8 Å². The molecule has 2 aromatic rings. The Morgan fingerprint density at radius 3 is 2.43 bits per heavy atom. The van der Waals surface area contributed by atoms with Gasteiger partial charge in [0, 0.05) is 17.6 Å². The molecule has 0 saturated heterocycles. The summed E-state index contributed by atoms with van der Waals surface area (Å²) >= 11 is 3.63. The molecule has 0 aromatic heterocycles. The van der Waals surface area contributed by atoms with Gasteiger partial charge in [0.05, 0.1) is 12.7 Å². The largest absolute Gasteiger partial charge is 0.490 e. The standard InChI is InChI=1S/C19H24BrNO2/c1-4-22-18-10-16(17(20)11-19(18)23-14(2)3)13-21-12-15-8-6-5-7-9-15/h5-11,14,21H,4,12-13H2,1-3H3. The van der Waals surface area contributed by atoms with E-state index in [0.29, 0.717) is 6.61 Å². The van der Waals surface area contributed by atoms with Gasteiger partial charge < -0.3 is 14.8 Å². The Kier molecular flexibility index (Phi) is 6.93. The van der Waals surface area contributed by atoms with Crippen LogP contribution in [-0.4, -0.2) is 12.7 Å². The van der Waals surface area contributed by atoms with Gasteiger partial charge in [-0.2, -0.15) is 0 Å². The number of benzene rings is 2. The van der Waals surface area contributed by atoms with Crippen molar-refractivity contribution in [3.05, 3.63) is 58.1 Å². The highest BCUT2D eigenvalue weighted by Crippen LogP contribution is 2.34. The van der Waals surface area contributed by atoms with Gasteiger partial charge >= 0.3 is 0 Å². The van der Waals surface area contributed by atoms with Crippen molar-refractivity contribution in [1.29, 1.82) is 0 Å². The van der Waals surface area contributed by atoms with Crippen molar-refractivity contribution in [3.8, 4) is 11.5 Å². The number of nitrogens with one attached hydrogen (secondary N) is 1. The molecule has 4 heteroatoms. The van der Waals surface area contributed by atoms with Crippen LogP contribution >= 0.6 is 15.9 Å². The molecule has 0 aliphatic heterocycles. The summed E-state index contributed by atoms with van der Waals surface area (Å²) in [5, 5.41) is 3.46. The van der Waals surface area contributed by atoms with Gasteiger partial charge in [-0.25, -0.2) is 0 Å². The van der Waals surface area contributed by atoms with E-state index in [4.69, 9.17) is 9.47 Å². The number of ether oxygens (including phenoxy) is 2. The lowest BCUT2D eigenvalue weighted by atomic mass is 10.2. The molecule has 0 fully saturated rings. The first kappa shape index (κ1) is 17.8. The molecule has 1 N–H and O–H groups in total. The molecule has 0 spiro atoms. The Balaban J connectivity index is 2.07. The van der Waals surface area contributed by atoms with Crippen LogP contribution in [0, 0.1) is 0 Å². The molecular formula is C19H24BrNO2.